The summed E-state index contributed by atoms with van der Waals surface area (Å²) in [5.74, 6) is 1.75. The van der Waals surface area contributed by atoms with Crippen molar-refractivity contribution in [3.05, 3.63) is 17.0 Å². The highest BCUT2D eigenvalue weighted by Gasteiger charge is 2.52. The molecule has 1 heterocycles. The number of rotatable bonds is 2. The molecule has 2 aliphatic carbocycles. The molecule has 0 aliphatic heterocycles. The maximum atomic E-state index is 5.73. The standard InChI is InChI=1S/C12H18N2O/c1-8-11-9(3-7-13)12(5-6-12)4-2-10(11)15-14-8/h9H,2-7,13H2,1H3. The largest absolute Gasteiger partial charge is 0.361 e. The average Bonchev–Trinajstić information content (AvgIpc) is 2.91. The molecule has 1 atom stereocenters. The van der Waals surface area contributed by atoms with E-state index >= 15 is 0 Å². The third-order valence-electron chi connectivity index (χ3n) is 4.27. The first-order valence-electron chi connectivity index (χ1n) is 5.92. The van der Waals surface area contributed by atoms with Crippen molar-refractivity contribution in [1.82, 2.24) is 5.16 Å². The third-order valence-corrected chi connectivity index (χ3v) is 4.27. The first-order valence-corrected chi connectivity index (χ1v) is 5.92. The first kappa shape index (κ1) is 9.40. The van der Waals surface area contributed by atoms with Gasteiger partial charge in [0.15, 0.2) is 0 Å². The van der Waals surface area contributed by atoms with Gasteiger partial charge in [0.25, 0.3) is 0 Å². The van der Waals surface area contributed by atoms with Crippen molar-refractivity contribution in [1.29, 1.82) is 0 Å². The Bertz CT molecular complexity index is 379. The fourth-order valence-corrected chi connectivity index (χ4v) is 3.27. The number of hydrogen-bond acceptors (Lipinski definition) is 3. The Hall–Kier alpha value is -0.830. The summed E-state index contributed by atoms with van der Waals surface area (Å²) in [4.78, 5) is 0. The van der Waals surface area contributed by atoms with Gasteiger partial charge < -0.3 is 10.3 Å². The molecule has 1 fully saturated rings. The third kappa shape index (κ3) is 1.26. The van der Waals surface area contributed by atoms with E-state index < -0.39 is 0 Å². The summed E-state index contributed by atoms with van der Waals surface area (Å²) in [6, 6.07) is 0. The molecule has 3 rings (SSSR count). The van der Waals surface area contributed by atoms with Gasteiger partial charge in [0, 0.05) is 12.0 Å². The lowest BCUT2D eigenvalue weighted by atomic mass is 9.73. The summed E-state index contributed by atoms with van der Waals surface area (Å²) in [5, 5.41) is 4.11. The van der Waals surface area contributed by atoms with Crippen LogP contribution in [0.2, 0.25) is 0 Å². The summed E-state index contributed by atoms with van der Waals surface area (Å²) < 4.78 is 5.39. The second kappa shape index (κ2) is 3.08. The molecule has 2 aliphatic rings. The molecule has 1 aromatic rings. The molecule has 1 aromatic heterocycles. The van der Waals surface area contributed by atoms with Crippen molar-refractivity contribution in [2.75, 3.05) is 6.54 Å². The van der Waals surface area contributed by atoms with Gasteiger partial charge in [-0.3, -0.25) is 0 Å². The van der Waals surface area contributed by atoms with Gasteiger partial charge >= 0.3 is 0 Å². The van der Waals surface area contributed by atoms with E-state index in [0.717, 1.165) is 30.8 Å². The summed E-state index contributed by atoms with van der Waals surface area (Å²) in [6.45, 7) is 2.84. The zero-order chi connectivity index (χ0) is 10.5. The van der Waals surface area contributed by atoms with Gasteiger partial charge in [-0.2, -0.15) is 0 Å². The molecule has 3 heteroatoms. The van der Waals surface area contributed by atoms with Gasteiger partial charge in [-0.1, -0.05) is 5.16 Å². The Morgan fingerprint density at radius 2 is 2.27 bits per heavy atom. The highest BCUT2D eigenvalue weighted by Crippen LogP contribution is 2.63. The van der Waals surface area contributed by atoms with Crippen LogP contribution in [0.5, 0.6) is 0 Å². The predicted molar refractivity (Wildman–Crippen MR) is 57.6 cm³/mol. The molecular weight excluding hydrogens is 188 g/mol. The lowest BCUT2D eigenvalue weighted by molar-refractivity contribution is 0.294. The van der Waals surface area contributed by atoms with Gasteiger partial charge in [-0.15, -0.1) is 0 Å². The van der Waals surface area contributed by atoms with E-state index in [4.69, 9.17) is 10.3 Å². The van der Waals surface area contributed by atoms with Gasteiger partial charge in [-0.25, -0.2) is 0 Å². The average molecular weight is 206 g/mol. The first-order chi connectivity index (χ1) is 7.27. The number of aromatic nitrogens is 1. The molecule has 3 nitrogen and oxygen atoms in total. The SMILES string of the molecule is Cc1noc2c1C(CCN)C1(CC2)CC1. The molecule has 1 spiro atoms. The molecule has 1 saturated carbocycles. The molecule has 82 valence electrons. The number of hydrogen-bond donors (Lipinski definition) is 1. The van der Waals surface area contributed by atoms with Crippen LogP contribution in [0, 0.1) is 12.3 Å². The van der Waals surface area contributed by atoms with Crippen LogP contribution >= 0.6 is 0 Å². The van der Waals surface area contributed by atoms with E-state index in [1.807, 2.05) is 0 Å². The Labute approximate surface area is 90.0 Å². The van der Waals surface area contributed by atoms with Crippen molar-refractivity contribution < 1.29 is 4.52 Å². The van der Waals surface area contributed by atoms with Gasteiger partial charge in [0.1, 0.15) is 5.76 Å². The van der Waals surface area contributed by atoms with Gasteiger partial charge in [0.05, 0.1) is 5.69 Å². The number of nitrogens with zero attached hydrogens (tertiary/aromatic N) is 1. The molecule has 0 aromatic carbocycles. The quantitative estimate of drug-likeness (QED) is 0.806. The summed E-state index contributed by atoms with van der Waals surface area (Å²) in [6.07, 6.45) is 6.20. The molecule has 0 bridgehead atoms. The van der Waals surface area contributed by atoms with E-state index in [1.54, 1.807) is 0 Å². The van der Waals surface area contributed by atoms with Crippen LogP contribution in [0.15, 0.2) is 4.52 Å². The summed E-state index contributed by atoms with van der Waals surface area (Å²) >= 11 is 0. The van der Waals surface area contributed by atoms with Crippen molar-refractivity contribution in [3.63, 3.8) is 0 Å². The molecule has 2 N–H and O–H groups in total. The van der Waals surface area contributed by atoms with Crippen molar-refractivity contribution >= 4 is 0 Å². The molecule has 0 saturated heterocycles. The van der Waals surface area contributed by atoms with E-state index in [2.05, 4.69) is 12.1 Å². The Balaban J connectivity index is 2.02. The molecule has 0 radical (unpaired) electrons. The monoisotopic (exact) mass is 206 g/mol. The smallest absolute Gasteiger partial charge is 0.140 e. The summed E-state index contributed by atoms with van der Waals surface area (Å²) in [5.41, 5.74) is 8.79. The van der Waals surface area contributed by atoms with Crippen LogP contribution in [0.4, 0.5) is 0 Å². The zero-order valence-corrected chi connectivity index (χ0v) is 9.25. The molecule has 0 amide bonds. The maximum Gasteiger partial charge on any atom is 0.140 e. The van der Waals surface area contributed by atoms with E-state index in [1.165, 1.54) is 24.8 Å². The van der Waals surface area contributed by atoms with E-state index in [0.29, 0.717) is 11.3 Å². The van der Waals surface area contributed by atoms with Crippen LogP contribution in [0.1, 0.15) is 48.6 Å². The zero-order valence-electron chi connectivity index (χ0n) is 9.25. The maximum absolute atomic E-state index is 5.73. The Morgan fingerprint density at radius 1 is 1.47 bits per heavy atom. The topological polar surface area (TPSA) is 52.0 Å². The number of fused-ring (bicyclic) bond motifs is 1. The lowest BCUT2D eigenvalue weighted by Gasteiger charge is -2.30. The number of aryl methyl sites for hydroxylation is 2. The highest BCUT2D eigenvalue weighted by molar-refractivity contribution is 5.34. The van der Waals surface area contributed by atoms with Crippen LogP contribution in [0.3, 0.4) is 0 Å². The van der Waals surface area contributed by atoms with Crippen LogP contribution < -0.4 is 5.73 Å². The van der Waals surface area contributed by atoms with Crippen molar-refractivity contribution in [3.8, 4) is 0 Å². The minimum Gasteiger partial charge on any atom is -0.361 e. The fourth-order valence-electron chi connectivity index (χ4n) is 3.27. The molecule has 1 unspecified atom stereocenters. The van der Waals surface area contributed by atoms with E-state index in [9.17, 15) is 0 Å². The minimum absolute atomic E-state index is 0.572. The van der Waals surface area contributed by atoms with Crippen LogP contribution in [-0.2, 0) is 6.42 Å². The normalized spacial score (nSPS) is 26.7. The molecule has 15 heavy (non-hydrogen) atoms. The fraction of sp³-hybridized carbons (Fsp3) is 0.750. The lowest BCUT2D eigenvalue weighted by Crippen LogP contribution is -2.24. The second-order valence-corrected chi connectivity index (χ2v) is 5.10. The minimum atomic E-state index is 0.572. The van der Waals surface area contributed by atoms with Crippen molar-refractivity contribution in [2.45, 2.75) is 44.9 Å². The molecular formula is C12H18N2O. The number of nitrogens with two attached hydrogens (primary N) is 1. The van der Waals surface area contributed by atoms with Gasteiger partial charge in [0.2, 0.25) is 0 Å². The Morgan fingerprint density at radius 3 is 2.93 bits per heavy atom. The van der Waals surface area contributed by atoms with Crippen molar-refractivity contribution in [2.24, 2.45) is 11.1 Å². The Kier molecular flexibility index (Phi) is 1.93. The van der Waals surface area contributed by atoms with Gasteiger partial charge in [-0.05, 0) is 50.5 Å². The predicted octanol–water partition coefficient (Wildman–Crippen LogP) is 2.14. The highest BCUT2D eigenvalue weighted by atomic mass is 16.5. The van der Waals surface area contributed by atoms with E-state index in [-0.39, 0.29) is 0 Å². The van der Waals surface area contributed by atoms with Crippen LogP contribution in [-0.4, -0.2) is 11.7 Å². The second-order valence-electron chi connectivity index (χ2n) is 5.10. The summed E-state index contributed by atoms with van der Waals surface area (Å²) in [7, 11) is 0. The van der Waals surface area contributed by atoms with Crippen LogP contribution in [0.25, 0.3) is 0 Å².